The van der Waals surface area contributed by atoms with Crippen LogP contribution in [0.2, 0.25) is 0 Å². The summed E-state index contributed by atoms with van der Waals surface area (Å²) in [6, 6.07) is 0. The normalized spacial score (nSPS) is 33.0. The van der Waals surface area contributed by atoms with E-state index in [0.29, 0.717) is 6.42 Å². The van der Waals surface area contributed by atoms with Crippen LogP contribution in [0, 0.1) is 10.8 Å². The van der Waals surface area contributed by atoms with E-state index < -0.39 is 0 Å². The van der Waals surface area contributed by atoms with E-state index in [1.807, 2.05) is 0 Å². The Labute approximate surface area is 81.2 Å². The molecule has 1 unspecified atom stereocenters. The molecule has 0 aliphatic heterocycles. The van der Waals surface area contributed by atoms with E-state index in [0.717, 1.165) is 12.7 Å². The van der Waals surface area contributed by atoms with Crippen molar-refractivity contribution < 1.29 is 4.79 Å². The molecule has 0 aromatic heterocycles. The van der Waals surface area contributed by atoms with Gasteiger partial charge in [-0.25, -0.2) is 0 Å². The third-order valence-electron chi connectivity index (χ3n) is 3.61. The molecule has 1 nitrogen and oxygen atoms in total. The largest absolute Gasteiger partial charge is 0.303 e. The van der Waals surface area contributed by atoms with Crippen LogP contribution in [0.5, 0.6) is 0 Å². The summed E-state index contributed by atoms with van der Waals surface area (Å²) < 4.78 is 0. The standard InChI is InChI=1S/C12H20O/c1-10-11(2,3)6-5-7-12(10,4)8-9-13/h9H,1,5-8H2,2-4H3. The molecule has 1 atom stereocenters. The molecule has 13 heavy (non-hydrogen) atoms. The Bertz CT molecular complexity index is 227. The SMILES string of the molecule is C=C1C(C)(C)CCCC1(C)CC=O. The first-order chi connectivity index (χ1) is 5.92. The summed E-state index contributed by atoms with van der Waals surface area (Å²) in [6.45, 7) is 10.8. The van der Waals surface area contributed by atoms with Crippen molar-refractivity contribution in [3.05, 3.63) is 12.2 Å². The molecule has 0 aromatic carbocycles. The predicted octanol–water partition coefficient (Wildman–Crippen LogP) is 3.35. The van der Waals surface area contributed by atoms with E-state index in [9.17, 15) is 4.79 Å². The molecular formula is C12H20O. The Morgan fingerprint density at radius 2 is 2.00 bits per heavy atom. The lowest BCUT2D eigenvalue weighted by Crippen LogP contribution is -2.33. The Kier molecular flexibility index (Phi) is 2.65. The van der Waals surface area contributed by atoms with Crippen LogP contribution < -0.4 is 0 Å². The quantitative estimate of drug-likeness (QED) is 0.470. The molecule has 1 heteroatoms. The molecule has 74 valence electrons. The average molecular weight is 180 g/mol. The van der Waals surface area contributed by atoms with Gasteiger partial charge in [-0.2, -0.15) is 0 Å². The van der Waals surface area contributed by atoms with Crippen molar-refractivity contribution in [3.63, 3.8) is 0 Å². The van der Waals surface area contributed by atoms with Gasteiger partial charge in [0.1, 0.15) is 6.29 Å². The molecule has 0 aromatic rings. The molecule has 1 saturated carbocycles. The van der Waals surface area contributed by atoms with Gasteiger partial charge in [0, 0.05) is 6.42 Å². The second-order valence-corrected chi connectivity index (χ2v) is 5.15. The van der Waals surface area contributed by atoms with Crippen molar-refractivity contribution in [1.82, 2.24) is 0 Å². The third kappa shape index (κ3) is 1.84. The molecule has 0 spiro atoms. The van der Waals surface area contributed by atoms with Gasteiger partial charge in [-0.3, -0.25) is 0 Å². The molecule has 0 heterocycles. The number of carbonyl (C=O) groups is 1. The predicted molar refractivity (Wildman–Crippen MR) is 55.6 cm³/mol. The van der Waals surface area contributed by atoms with Crippen LogP contribution in [0.1, 0.15) is 46.5 Å². The van der Waals surface area contributed by atoms with Crippen molar-refractivity contribution in [2.24, 2.45) is 10.8 Å². The molecule has 0 N–H and O–H groups in total. The van der Waals surface area contributed by atoms with Crippen molar-refractivity contribution in [2.75, 3.05) is 0 Å². The van der Waals surface area contributed by atoms with E-state index >= 15 is 0 Å². The van der Waals surface area contributed by atoms with Crippen molar-refractivity contribution in [1.29, 1.82) is 0 Å². The van der Waals surface area contributed by atoms with Crippen LogP contribution >= 0.6 is 0 Å². The monoisotopic (exact) mass is 180 g/mol. The summed E-state index contributed by atoms with van der Waals surface area (Å²) in [7, 11) is 0. The van der Waals surface area contributed by atoms with Gasteiger partial charge >= 0.3 is 0 Å². The molecule has 0 radical (unpaired) electrons. The third-order valence-corrected chi connectivity index (χ3v) is 3.61. The highest BCUT2D eigenvalue weighted by Crippen LogP contribution is 2.50. The van der Waals surface area contributed by atoms with Gasteiger partial charge in [-0.15, -0.1) is 0 Å². The smallest absolute Gasteiger partial charge is 0.120 e. The highest BCUT2D eigenvalue weighted by Gasteiger charge is 2.39. The van der Waals surface area contributed by atoms with Gasteiger partial charge in [0.2, 0.25) is 0 Å². The first-order valence-electron chi connectivity index (χ1n) is 5.06. The van der Waals surface area contributed by atoms with Gasteiger partial charge < -0.3 is 4.79 Å². The number of aldehydes is 1. The zero-order valence-electron chi connectivity index (χ0n) is 9.02. The van der Waals surface area contributed by atoms with E-state index in [-0.39, 0.29) is 10.8 Å². The highest BCUT2D eigenvalue weighted by atomic mass is 16.1. The lowest BCUT2D eigenvalue weighted by atomic mass is 9.60. The number of hydrogen-bond acceptors (Lipinski definition) is 1. The minimum atomic E-state index is 0.0590. The van der Waals surface area contributed by atoms with E-state index in [2.05, 4.69) is 27.4 Å². The maximum absolute atomic E-state index is 10.6. The molecule has 0 amide bonds. The second kappa shape index (κ2) is 3.28. The fraction of sp³-hybridized carbons (Fsp3) is 0.750. The molecule has 1 fully saturated rings. The second-order valence-electron chi connectivity index (χ2n) is 5.15. The minimum absolute atomic E-state index is 0.0590. The Balaban J connectivity index is 2.87. The van der Waals surface area contributed by atoms with Gasteiger partial charge in [0.15, 0.2) is 0 Å². The lowest BCUT2D eigenvalue weighted by molar-refractivity contribution is -0.109. The number of hydrogen-bond donors (Lipinski definition) is 0. The van der Waals surface area contributed by atoms with Crippen LogP contribution in [0.4, 0.5) is 0 Å². The molecule has 1 aliphatic rings. The molecule has 0 saturated heterocycles. The van der Waals surface area contributed by atoms with E-state index in [1.165, 1.54) is 18.4 Å². The first kappa shape index (κ1) is 10.5. The van der Waals surface area contributed by atoms with Gasteiger partial charge in [0.25, 0.3) is 0 Å². The molecular weight excluding hydrogens is 160 g/mol. The highest BCUT2D eigenvalue weighted by molar-refractivity contribution is 5.52. The van der Waals surface area contributed by atoms with Crippen molar-refractivity contribution >= 4 is 6.29 Å². The Morgan fingerprint density at radius 3 is 2.54 bits per heavy atom. The van der Waals surface area contributed by atoms with E-state index in [1.54, 1.807) is 0 Å². The van der Waals surface area contributed by atoms with Crippen LogP contribution in [-0.4, -0.2) is 6.29 Å². The first-order valence-corrected chi connectivity index (χ1v) is 5.06. The van der Waals surface area contributed by atoms with Crippen LogP contribution in [0.3, 0.4) is 0 Å². The number of rotatable bonds is 2. The summed E-state index contributed by atoms with van der Waals surface area (Å²) in [5.74, 6) is 0. The topological polar surface area (TPSA) is 17.1 Å². The summed E-state index contributed by atoms with van der Waals surface area (Å²) in [6.07, 6.45) is 5.21. The number of allylic oxidation sites excluding steroid dienone is 1. The van der Waals surface area contributed by atoms with Gasteiger partial charge in [-0.1, -0.05) is 39.3 Å². The summed E-state index contributed by atoms with van der Waals surface area (Å²) in [4.78, 5) is 10.6. The van der Waals surface area contributed by atoms with Crippen molar-refractivity contribution in [3.8, 4) is 0 Å². The van der Waals surface area contributed by atoms with Gasteiger partial charge in [-0.05, 0) is 23.7 Å². The average Bonchev–Trinajstić information content (AvgIpc) is 2.01. The summed E-state index contributed by atoms with van der Waals surface area (Å²) in [5, 5.41) is 0. The van der Waals surface area contributed by atoms with Crippen LogP contribution in [0.15, 0.2) is 12.2 Å². The zero-order valence-corrected chi connectivity index (χ0v) is 9.02. The fourth-order valence-corrected chi connectivity index (χ4v) is 2.45. The lowest BCUT2D eigenvalue weighted by Gasteiger charge is -2.44. The Morgan fingerprint density at radius 1 is 1.38 bits per heavy atom. The minimum Gasteiger partial charge on any atom is -0.303 e. The molecule has 0 bridgehead atoms. The Hall–Kier alpha value is -0.590. The maximum Gasteiger partial charge on any atom is 0.120 e. The van der Waals surface area contributed by atoms with Crippen molar-refractivity contribution in [2.45, 2.75) is 46.5 Å². The fourth-order valence-electron chi connectivity index (χ4n) is 2.45. The molecule has 1 aliphatic carbocycles. The van der Waals surface area contributed by atoms with Crippen LogP contribution in [-0.2, 0) is 4.79 Å². The van der Waals surface area contributed by atoms with Gasteiger partial charge in [0.05, 0.1) is 0 Å². The number of carbonyl (C=O) groups excluding carboxylic acids is 1. The zero-order chi connectivity index (χ0) is 10.1. The maximum atomic E-state index is 10.6. The van der Waals surface area contributed by atoms with E-state index in [4.69, 9.17) is 0 Å². The summed E-state index contributed by atoms with van der Waals surface area (Å²) in [5.41, 5.74) is 1.54. The summed E-state index contributed by atoms with van der Waals surface area (Å²) >= 11 is 0. The molecule has 1 rings (SSSR count). The van der Waals surface area contributed by atoms with Crippen LogP contribution in [0.25, 0.3) is 0 Å².